The molecule has 148 valence electrons. The molecule has 2 aromatic rings. The average Bonchev–Trinajstić information content (AvgIpc) is 3.17. The van der Waals surface area contributed by atoms with Crippen LogP contribution in [0.2, 0.25) is 0 Å². The Morgan fingerprint density at radius 1 is 1.11 bits per heavy atom. The van der Waals surface area contributed by atoms with E-state index in [2.05, 4.69) is 12.2 Å². The summed E-state index contributed by atoms with van der Waals surface area (Å²) in [6, 6.07) is 11.1. The fourth-order valence-electron chi connectivity index (χ4n) is 4.10. The zero-order chi connectivity index (χ0) is 19.5. The van der Waals surface area contributed by atoms with Crippen LogP contribution in [-0.4, -0.2) is 28.8 Å². The largest absolute Gasteiger partial charge is 0.459 e. The van der Waals surface area contributed by atoms with E-state index in [1.54, 1.807) is 17.0 Å². The number of rotatable bonds is 7. The predicted octanol–water partition coefficient (Wildman–Crippen LogP) is 4.25. The van der Waals surface area contributed by atoms with E-state index in [4.69, 9.17) is 4.42 Å². The second-order valence-electron chi connectivity index (χ2n) is 7.91. The van der Waals surface area contributed by atoms with Crippen molar-refractivity contribution in [1.82, 2.24) is 10.2 Å². The molecule has 2 fully saturated rings. The molecule has 0 spiro atoms. The van der Waals surface area contributed by atoms with Gasteiger partial charge in [-0.25, -0.2) is 0 Å². The lowest BCUT2D eigenvalue weighted by Gasteiger charge is -2.32. The maximum atomic E-state index is 13.4. The minimum Gasteiger partial charge on any atom is -0.459 e. The number of carbonyl (C=O) groups excluding carboxylic acids is 2. The molecular formula is C23H28N2O3. The molecule has 2 saturated carbocycles. The number of amides is 2. The molecule has 0 saturated heterocycles. The summed E-state index contributed by atoms with van der Waals surface area (Å²) in [4.78, 5) is 28.3. The van der Waals surface area contributed by atoms with Gasteiger partial charge in [0.1, 0.15) is 6.04 Å². The summed E-state index contributed by atoms with van der Waals surface area (Å²) in [5, 5.41) is 3.21. The van der Waals surface area contributed by atoms with E-state index in [0.717, 1.165) is 50.5 Å². The Balaban J connectivity index is 1.67. The summed E-state index contributed by atoms with van der Waals surface area (Å²) in [6.07, 6.45) is 8.63. The molecule has 0 aliphatic heterocycles. The van der Waals surface area contributed by atoms with Crippen molar-refractivity contribution in [3.8, 4) is 0 Å². The Hall–Kier alpha value is -2.56. The molecule has 2 aliphatic carbocycles. The number of nitrogens with one attached hydrogen (secondary N) is 1. The van der Waals surface area contributed by atoms with Gasteiger partial charge in [0.2, 0.25) is 5.91 Å². The van der Waals surface area contributed by atoms with Gasteiger partial charge >= 0.3 is 0 Å². The lowest BCUT2D eigenvalue weighted by atomic mass is 10.0. The van der Waals surface area contributed by atoms with E-state index >= 15 is 0 Å². The third kappa shape index (κ3) is 3.98. The van der Waals surface area contributed by atoms with Gasteiger partial charge in [-0.2, -0.15) is 0 Å². The van der Waals surface area contributed by atoms with E-state index in [0.29, 0.717) is 0 Å². The Morgan fingerprint density at radius 3 is 2.39 bits per heavy atom. The molecule has 1 heterocycles. The van der Waals surface area contributed by atoms with Gasteiger partial charge in [-0.1, -0.05) is 44.0 Å². The molecule has 5 nitrogen and oxygen atoms in total. The van der Waals surface area contributed by atoms with Crippen LogP contribution < -0.4 is 5.32 Å². The molecule has 28 heavy (non-hydrogen) atoms. The highest BCUT2D eigenvalue weighted by atomic mass is 16.3. The van der Waals surface area contributed by atoms with Gasteiger partial charge in [-0.15, -0.1) is 0 Å². The van der Waals surface area contributed by atoms with Gasteiger partial charge in [0.05, 0.1) is 6.26 Å². The molecule has 2 aliphatic rings. The minimum atomic E-state index is -0.628. The third-order valence-electron chi connectivity index (χ3n) is 5.84. The first-order chi connectivity index (χ1) is 13.7. The standard InChI is InChI=1S/C23H28N2O3/c1-2-16-9-11-17(12-10-16)21(22(26)24-18-6-3-4-7-18)25(19-13-14-19)23(27)20-8-5-15-28-20/h5,8-12,15,18-19,21H,2-4,6-7,13-14H2,1H3,(H,24,26). The van der Waals surface area contributed by atoms with Crippen molar-refractivity contribution in [1.29, 1.82) is 0 Å². The van der Waals surface area contributed by atoms with E-state index < -0.39 is 6.04 Å². The summed E-state index contributed by atoms with van der Waals surface area (Å²) >= 11 is 0. The van der Waals surface area contributed by atoms with Gasteiger partial charge in [0.15, 0.2) is 5.76 Å². The van der Waals surface area contributed by atoms with Gasteiger partial charge in [0, 0.05) is 12.1 Å². The molecule has 4 rings (SSSR count). The molecule has 2 amide bonds. The molecule has 1 unspecified atom stereocenters. The third-order valence-corrected chi connectivity index (χ3v) is 5.84. The zero-order valence-electron chi connectivity index (χ0n) is 16.4. The van der Waals surface area contributed by atoms with Gasteiger partial charge in [-0.3, -0.25) is 9.59 Å². The maximum absolute atomic E-state index is 13.4. The van der Waals surface area contributed by atoms with Crippen LogP contribution in [0.3, 0.4) is 0 Å². The summed E-state index contributed by atoms with van der Waals surface area (Å²) in [5.74, 6) is -0.00246. The van der Waals surface area contributed by atoms with Crippen molar-refractivity contribution in [3.05, 3.63) is 59.5 Å². The Morgan fingerprint density at radius 2 is 1.82 bits per heavy atom. The number of aryl methyl sites for hydroxylation is 1. The Kier molecular flexibility index (Phi) is 5.51. The average molecular weight is 380 g/mol. The highest BCUT2D eigenvalue weighted by molar-refractivity contribution is 5.96. The van der Waals surface area contributed by atoms with Crippen molar-refractivity contribution in [3.63, 3.8) is 0 Å². The summed E-state index contributed by atoms with van der Waals surface area (Å²) in [5.41, 5.74) is 2.08. The van der Waals surface area contributed by atoms with Gasteiger partial charge in [0.25, 0.3) is 5.91 Å². The van der Waals surface area contributed by atoms with Crippen molar-refractivity contribution >= 4 is 11.8 Å². The fourth-order valence-corrected chi connectivity index (χ4v) is 4.10. The second-order valence-corrected chi connectivity index (χ2v) is 7.91. The smallest absolute Gasteiger partial charge is 0.290 e. The molecule has 1 aromatic carbocycles. The number of carbonyl (C=O) groups is 2. The summed E-state index contributed by atoms with van der Waals surface area (Å²) < 4.78 is 5.37. The monoisotopic (exact) mass is 380 g/mol. The number of nitrogens with zero attached hydrogens (tertiary/aromatic N) is 1. The number of hydrogen-bond donors (Lipinski definition) is 1. The van der Waals surface area contributed by atoms with Crippen LogP contribution >= 0.6 is 0 Å². The normalized spacial score (nSPS) is 18.0. The lowest BCUT2D eigenvalue weighted by Crippen LogP contribution is -2.47. The van der Waals surface area contributed by atoms with Crippen LogP contribution in [0.4, 0.5) is 0 Å². The molecule has 0 bridgehead atoms. The number of hydrogen-bond acceptors (Lipinski definition) is 3. The Bertz CT molecular complexity index is 803. The van der Waals surface area contributed by atoms with Crippen LogP contribution in [0, 0.1) is 0 Å². The number of furan rings is 1. The summed E-state index contributed by atoms with van der Waals surface area (Å²) in [6.45, 7) is 2.11. The van der Waals surface area contributed by atoms with Crippen LogP contribution in [0.25, 0.3) is 0 Å². The SMILES string of the molecule is CCc1ccc(C(C(=O)NC2CCCC2)N(C(=O)c2ccco2)C2CC2)cc1. The van der Waals surface area contributed by atoms with Crippen LogP contribution in [0.15, 0.2) is 47.1 Å². The molecule has 1 aromatic heterocycles. The van der Waals surface area contributed by atoms with Gasteiger partial charge < -0.3 is 14.6 Å². The van der Waals surface area contributed by atoms with Crippen molar-refractivity contribution in [2.24, 2.45) is 0 Å². The second kappa shape index (κ2) is 8.21. The highest BCUT2D eigenvalue weighted by Crippen LogP contribution is 2.36. The van der Waals surface area contributed by atoms with Crippen molar-refractivity contribution in [2.45, 2.75) is 70.0 Å². The van der Waals surface area contributed by atoms with Crippen LogP contribution in [0.5, 0.6) is 0 Å². The number of benzene rings is 1. The minimum absolute atomic E-state index is 0.0806. The predicted molar refractivity (Wildman–Crippen MR) is 107 cm³/mol. The quantitative estimate of drug-likeness (QED) is 0.781. The van der Waals surface area contributed by atoms with Crippen LogP contribution in [-0.2, 0) is 11.2 Å². The van der Waals surface area contributed by atoms with E-state index in [9.17, 15) is 9.59 Å². The molecule has 1 N–H and O–H groups in total. The molecule has 5 heteroatoms. The van der Waals surface area contributed by atoms with Crippen LogP contribution in [0.1, 0.15) is 73.2 Å². The maximum Gasteiger partial charge on any atom is 0.290 e. The lowest BCUT2D eigenvalue weighted by molar-refractivity contribution is -0.126. The molecule has 0 radical (unpaired) electrons. The topological polar surface area (TPSA) is 62.6 Å². The molecule has 1 atom stereocenters. The Labute approximate surface area is 166 Å². The van der Waals surface area contributed by atoms with Crippen molar-refractivity contribution in [2.75, 3.05) is 0 Å². The first kappa shape index (κ1) is 18.8. The van der Waals surface area contributed by atoms with Crippen molar-refractivity contribution < 1.29 is 14.0 Å². The first-order valence-corrected chi connectivity index (χ1v) is 10.4. The van der Waals surface area contributed by atoms with E-state index in [-0.39, 0.29) is 29.7 Å². The fraction of sp³-hybridized carbons (Fsp3) is 0.478. The summed E-state index contributed by atoms with van der Waals surface area (Å²) in [7, 11) is 0. The first-order valence-electron chi connectivity index (χ1n) is 10.4. The van der Waals surface area contributed by atoms with E-state index in [1.807, 2.05) is 24.3 Å². The van der Waals surface area contributed by atoms with Gasteiger partial charge in [-0.05, 0) is 55.4 Å². The zero-order valence-corrected chi connectivity index (χ0v) is 16.4. The van der Waals surface area contributed by atoms with E-state index in [1.165, 1.54) is 11.8 Å². The molecular weight excluding hydrogens is 352 g/mol. The highest BCUT2D eigenvalue weighted by Gasteiger charge is 2.42.